The standard InChI is InChI=1S/C20H28N2O4/c1-12(2)8-9-16-13(3)21-22(14(16)4)20(23)15-10-17(24-5)19(26-7)18(11-15)25-6/h10-12H,8-9H2,1-7H3. The molecule has 1 aromatic carbocycles. The molecule has 0 saturated heterocycles. The number of hydrogen-bond donors (Lipinski definition) is 0. The first-order valence-electron chi connectivity index (χ1n) is 8.73. The Balaban J connectivity index is 2.45. The van der Waals surface area contributed by atoms with Crippen molar-refractivity contribution >= 4 is 5.91 Å². The van der Waals surface area contributed by atoms with Crippen LogP contribution in [-0.4, -0.2) is 37.0 Å². The summed E-state index contributed by atoms with van der Waals surface area (Å²) < 4.78 is 17.5. The van der Waals surface area contributed by atoms with Crippen molar-refractivity contribution < 1.29 is 19.0 Å². The van der Waals surface area contributed by atoms with Crippen molar-refractivity contribution in [1.82, 2.24) is 9.78 Å². The molecule has 1 aromatic heterocycles. The lowest BCUT2D eigenvalue weighted by Crippen LogP contribution is -2.16. The highest BCUT2D eigenvalue weighted by molar-refractivity contribution is 5.97. The SMILES string of the molecule is COc1cc(C(=O)n2nc(C)c(CCC(C)C)c2C)cc(OC)c1OC. The van der Waals surface area contributed by atoms with E-state index in [1.165, 1.54) is 26.0 Å². The highest BCUT2D eigenvalue weighted by atomic mass is 16.5. The number of carbonyl (C=O) groups excluding carboxylic acids is 1. The monoisotopic (exact) mass is 360 g/mol. The molecule has 0 aliphatic carbocycles. The summed E-state index contributed by atoms with van der Waals surface area (Å²) in [7, 11) is 4.58. The van der Waals surface area contributed by atoms with E-state index in [0.29, 0.717) is 28.7 Å². The van der Waals surface area contributed by atoms with Gasteiger partial charge in [0.25, 0.3) is 5.91 Å². The maximum Gasteiger partial charge on any atom is 0.278 e. The Labute approximate surface area is 155 Å². The average molecular weight is 360 g/mol. The van der Waals surface area contributed by atoms with Crippen molar-refractivity contribution in [3.8, 4) is 17.2 Å². The second kappa shape index (κ2) is 8.25. The summed E-state index contributed by atoms with van der Waals surface area (Å²) in [6, 6.07) is 3.29. The molecule has 0 atom stereocenters. The van der Waals surface area contributed by atoms with E-state index >= 15 is 0 Å². The third-order valence-electron chi connectivity index (χ3n) is 4.52. The van der Waals surface area contributed by atoms with E-state index in [0.717, 1.165) is 29.8 Å². The summed E-state index contributed by atoms with van der Waals surface area (Å²) >= 11 is 0. The number of ether oxygens (including phenoxy) is 3. The van der Waals surface area contributed by atoms with Gasteiger partial charge in [-0.1, -0.05) is 13.8 Å². The summed E-state index contributed by atoms with van der Waals surface area (Å²) in [5.41, 5.74) is 3.34. The van der Waals surface area contributed by atoms with E-state index in [9.17, 15) is 4.79 Å². The summed E-state index contributed by atoms with van der Waals surface area (Å²) in [6.07, 6.45) is 1.98. The molecule has 2 rings (SSSR count). The maximum atomic E-state index is 13.1. The second-order valence-corrected chi connectivity index (χ2v) is 6.71. The second-order valence-electron chi connectivity index (χ2n) is 6.71. The number of hydrogen-bond acceptors (Lipinski definition) is 5. The largest absolute Gasteiger partial charge is 0.493 e. The lowest BCUT2D eigenvalue weighted by Gasteiger charge is -2.14. The van der Waals surface area contributed by atoms with E-state index in [2.05, 4.69) is 18.9 Å². The molecule has 0 radical (unpaired) electrons. The molecular weight excluding hydrogens is 332 g/mol. The van der Waals surface area contributed by atoms with Crippen molar-refractivity contribution in [3.05, 3.63) is 34.6 Å². The van der Waals surface area contributed by atoms with E-state index in [4.69, 9.17) is 14.2 Å². The third kappa shape index (κ3) is 3.84. The number of carbonyl (C=O) groups is 1. The van der Waals surface area contributed by atoms with Crippen molar-refractivity contribution in [1.29, 1.82) is 0 Å². The zero-order valence-electron chi connectivity index (χ0n) is 16.7. The van der Waals surface area contributed by atoms with Gasteiger partial charge < -0.3 is 14.2 Å². The quantitative estimate of drug-likeness (QED) is 0.751. The summed E-state index contributed by atoms with van der Waals surface area (Å²) in [5, 5.41) is 4.47. The van der Waals surface area contributed by atoms with Crippen LogP contribution in [0.5, 0.6) is 17.2 Å². The Morgan fingerprint density at radius 1 is 1.08 bits per heavy atom. The molecule has 0 saturated carbocycles. The molecule has 142 valence electrons. The van der Waals surface area contributed by atoms with Crippen LogP contribution < -0.4 is 14.2 Å². The van der Waals surface area contributed by atoms with Gasteiger partial charge in [0.15, 0.2) is 11.5 Å². The van der Waals surface area contributed by atoms with E-state index in [1.807, 2.05) is 13.8 Å². The molecule has 0 aliphatic rings. The van der Waals surface area contributed by atoms with Gasteiger partial charge in [-0.3, -0.25) is 4.79 Å². The van der Waals surface area contributed by atoms with E-state index in [-0.39, 0.29) is 5.91 Å². The lowest BCUT2D eigenvalue weighted by molar-refractivity contribution is 0.0941. The molecule has 0 N–H and O–H groups in total. The molecule has 0 spiro atoms. The number of rotatable bonds is 7. The Morgan fingerprint density at radius 3 is 2.12 bits per heavy atom. The zero-order chi connectivity index (χ0) is 19.4. The molecule has 0 amide bonds. The minimum absolute atomic E-state index is 0.222. The van der Waals surface area contributed by atoms with Crippen LogP contribution in [0.25, 0.3) is 0 Å². The van der Waals surface area contributed by atoms with Gasteiger partial charge in [-0.2, -0.15) is 5.10 Å². The smallest absolute Gasteiger partial charge is 0.278 e. The average Bonchev–Trinajstić information content (AvgIpc) is 2.91. The predicted molar refractivity (Wildman–Crippen MR) is 101 cm³/mol. The fraction of sp³-hybridized carbons (Fsp3) is 0.500. The molecular formula is C20H28N2O4. The predicted octanol–water partition coefficient (Wildman–Crippen LogP) is 3.80. The van der Waals surface area contributed by atoms with Gasteiger partial charge in [-0.05, 0) is 50.3 Å². The lowest BCUT2D eigenvalue weighted by atomic mass is 10.0. The van der Waals surface area contributed by atoms with E-state index in [1.54, 1.807) is 12.1 Å². The van der Waals surface area contributed by atoms with Gasteiger partial charge in [0, 0.05) is 11.3 Å². The minimum Gasteiger partial charge on any atom is -0.493 e. The van der Waals surface area contributed by atoms with Crippen LogP contribution in [0.2, 0.25) is 0 Å². The molecule has 2 aromatic rings. The number of aromatic nitrogens is 2. The fourth-order valence-corrected chi connectivity index (χ4v) is 2.99. The third-order valence-corrected chi connectivity index (χ3v) is 4.52. The Kier molecular flexibility index (Phi) is 6.29. The number of methoxy groups -OCH3 is 3. The van der Waals surface area contributed by atoms with Gasteiger partial charge in [0.1, 0.15) is 0 Å². The first-order chi connectivity index (χ1) is 12.3. The molecule has 0 aliphatic heterocycles. The summed E-state index contributed by atoms with van der Waals surface area (Å²) in [6.45, 7) is 8.26. The van der Waals surface area contributed by atoms with Crippen LogP contribution in [-0.2, 0) is 6.42 Å². The Bertz CT molecular complexity index is 768. The fourth-order valence-electron chi connectivity index (χ4n) is 2.99. The molecule has 0 fully saturated rings. The summed E-state index contributed by atoms with van der Waals surface area (Å²) in [5.74, 6) is 1.72. The van der Waals surface area contributed by atoms with Crippen LogP contribution >= 0.6 is 0 Å². The van der Waals surface area contributed by atoms with Gasteiger partial charge in [-0.25, -0.2) is 4.68 Å². The van der Waals surface area contributed by atoms with E-state index < -0.39 is 0 Å². The molecule has 1 heterocycles. The highest BCUT2D eigenvalue weighted by Crippen LogP contribution is 2.38. The van der Waals surface area contributed by atoms with Gasteiger partial charge >= 0.3 is 0 Å². The summed E-state index contributed by atoms with van der Waals surface area (Å²) in [4.78, 5) is 13.1. The maximum absolute atomic E-state index is 13.1. The van der Waals surface area contributed by atoms with Gasteiger partial charge in [0.2, 0.25) is 5.75 Å². The number of benzene rings is 1. The van der Waals surface area contributed by atoms with Crippen molar-refractivity contribution in [3.63, 3.8) is 0 Å². The molecule has 26 heavy (non-hydrogen) atoms. The highest BCUT2D eigenvalue weighted by Gasteiger charge is 2.22. The topological polar surface area (TPSA) is 62.6 Å². The molecule has 0 bridgehead atoms. The van der Waals surface area contributed by atoms with Crippen LogP contribution in [0.3, 0.4) is 0 Å². The number of aryl methyl sites for hydroxylation is 1. The zero-order valence-corrected chi connectivity index (χ0v) is 16.7. The first kappa shape index (κ1) is 19.8. The van der Waals surface area contributed by atoms with Gasteiger partial charge in [0.05, 0.1) is 27.0 Å². The van der Waals surface area contributed by atoms with Gasteiger partial charge in [-0.15, -0.1) is 0 Å². The van der Waals surface area contributed by atoms with Crippen molar-refractivity contribution in [2.45, 2.75) is 40.5 Å². The van der Waals surface area contributed by atoms with Crippen LogP contribution in [0.1, 0.15) is 47.6 Å². The number of nitrogens with zero attached hydrogens (tertiary/aromatic N) is 2. The van der Waals surface area contributed by atoms with Crippen LogP contribution in [0.4, 0.5) is 0 Å². The van der Waals surface area contributed by atoms with Crippen molar-refractivity contribution in [2.24, 2.45) is 5.92 Å². The molecule has 0 unspecified atom stereocenters. The van der Waals surface area contributed by atoms with Crippen LogP contribution in [0, 0.1) is 19.8 Å². The van der Waals surface area contributed by atoms with Crippen LogP contribution in [0.15, 0.2) is 12.1 Å². The minimum atomic E-state index is -0.222. The first-order valence-corrected chi connectivity index (χ1v) is 8.73. The Morgan fingerprint density at radius 2 is 1.65 bits per heavy atom. The molecule has 6 nitrogen and oxygen atoms in total. The Hall–Kier alpha value is -2.50. The van der Waals surface area contributed by atoms with Crippen molar-refractivity contribution in [2.75, 3.05) is 21.3 Å². The molecule has 6 heteroatoms. The normalized spacial score (nSPS) is 10.9.